The predicted molar refractivity (Wildman–Crippen MR) is 65.7 cm³/mol. The first-order chi connectivity index (χ1) is 7.75. The highest BCUT2D eigenvalue weighted by molar-refractivity contribution is 9.10. The molecule has 0 saturated heterocycles. The van der Waals surface area contributed by atoms with Gasteiger partial charge in [0.15, 0.2) is 23.0 Å². The van der Waals surface area contributed by atoms with Crippen molar-refractivity contribution in [3.63, 3.8) is 0 Å². The van der Waals surface area contributed by atoms with Gasteiger partial charge >= 0.3 is 0 Å². The molecule has 0 bridgehead atoms. The zero-order valence-corrected chi connectivity index (χ0v) is 10.4. The molecule has 3 rings (SSSR count). The minimum absolute atomic E-state index is 0.545. The fourth-order valence-corrected chi connectivity index (χ4v) is 2.19. The minimum atomic E-state index is 0.545. The molecule has 4 heteroatoms. The third kappa shape index (κ3) is 1.47. The van der Waals surface area contributed by atoms with Gasteiger partial charge in [-0.15, -0.1) is 0 Å². The Morgan fingerprint density at radius 1 is 0.875 bits per heavy atom. The van der Waals surface area contributed by atoms with Crippen LogP contribution in [0.15, 0.2) is 40.9 Å². The molecule has 2 aromatic rings. The lowest BCUT2D eigenvalue weighted by Gasteiger charge is -2.21. The second-order valence-corrected chi connectivity index (χ2v) is 4.60. The zero-order chi connectivity index (χ0) is 11.1. The van der Waals surface area contributed by atoms with Crippen LogP contribution in [0.5, 0.6) is 23.0 Å². The highest BCUT2D eigenvalue weighted by Gasteiger charge is 2.22. The number of ether oxygens (including phenoxy) is 2. The molecule has 0 unspecified atom stereocenters. The van der Waals surface area contributed by atoms with Gasteiger partial charge in [0.1, 0.15) is 0 Å². The Balaban J connectivity index is 2.17. The molecule has 1 heterocycles. The number of halogens is 2. The van der Waals surface area contributed by atoms with Crippen molar-refractivity contribution in [1.29, 1.82) is 0 Å². The van der Waals surface area contributed by atoms with E-state index in [1.54, 1.807) is 6.07 Å². The van der Waals surface area contributed by atoms with Crippen LogP contribution in [0.25, 0.3) is 0 Å². The summed E-state index contributed by atoms with van der Waals surface area (Å²) in [5.74, 6) is 2.54. The van der Waals surface area contributed by atoms with E-state index in [9.17, 15) is 0 Å². The maximum Gasteiger partial charge on any atom is 0.188 e. The average molecular weight is 298 g/mol. The topological polar surface area (TPSA) is 18.5 Å². The first-order valence-corrected chi connectivity index (χ1v) is 5.85. The summed E-state index contributed by atoms with van der Waals surface area (Å²) in [7, 11) is 0. The third-order valence-corrected chi connectivity index (χ3v) is 3.21. The van der Waals surface area contributed by atoms with Gasteiger partial charge in [-0.2, -0.15) is 0 Å². The van der Waals surface area contributed by atoms with E-state index in [-0.39, 0.29) is 0 Å². The van der Waals surface area contributed by atoms with E-state index in [0.717, 1.165) is 4.47 Å². The second kappa shape index (κ2) is 3.68. The van der Waals surface area contributed by atoms with Crippen molar-refractivity contribution < 1.29 is 9.47 Å². The molecule has 0 aromatic heterocycles. The molecule has 0 aliphatic carbocycles. The molecule has 2 nitrogen and oxygen atoms in total. The summed E-state index contributed by atoms with van der Waals surface area (Å²) in [6.45, 7) is 0. The van der Waals surface area contributed by atoms with Gasteiger partial charge in [0, 0.05) is 0 Å². The molecular weight excluding hydrogens is 291 g/mol. The van der Waals surface area contributed by atoms with E-state index in [1.165, 1.54) is 0 Å². The number of fused-ring (bicyclic) bond motifs is 2. The summed E-state index contributed by atoms with van der Waals surface area (Å²) in [5.41, 5.74) is 0. The maximum absolute atomic E-state index is 6.03. The molecule has 0 spiro atoms. The molecule has 1 aliphatic rings. The van der Waals surface area contributed by atoms with Crippen LogP contribution in [0.4, 0.5) is 0 Å². The first kappa shape index (κ1) is 10.00. The van der Waals surface area contributed by atoms with Crippen molar-refractivity contribution in [1.82, 2.24) is 0 Å². The van der Waals surface area contributed by atoms with E-state index in [2.05, 4.69) is 15.9 Å². The molecule has 0 saturated carbocycles. The van der Waals surface area contributed by atoms with Crippen LogP contribution in [-0.4, -0.2) is 0 Å². The van der Waals surface area contributed by atoms with E-state index in [0.29, 0.717) is 28.0 Å². The van der Waals surface area contributed by atoms with E-state index >= 15 is 0 Å². The molecule has 0 fully saturated rings. The van der Waals surface area contributed by atoms with Crippen molar-refractivity contribution in [2.45, 2.75) is 0 Å². The standard InChI is InChI=1S/C12H6BrClO2/c13-7-3-1-5-9-11(7)15-10-6-2-4-8(14)12(10)16-9/h1-6H. The highest BCUT2D eigenvalue weighted by Crippen LogP contribution is 2.50. The summed E-state index contributed by atoms with van der Waals surface area (Å²) in [4.78, 5) is 0. The minimum Gasteiger partial charge on any atom is -0.448 e. The molecule has 0 atom stereocenters. The number of hydrogen-bond donors (Lipinski definition) is 0. The van der Waals surface area contributed by atoms with Crippen molar-refractivity contribution in [2.75, 3.05) is 0 Å². The fraction of sp³-hybridized carbons (Fsp3) is 0. The van der Waals surface area contributed by atoms with Crippen molar-refractivity contribution in [3.8, 4) is 23.0 Å². The Labute approximate surface area is 106 Å². The van der Waals surface area contributed by atoms with Gasteiger partial charge in [-0.3, -0.25) is 0 Å². The van der Waals surface area contributed by atoms with Crippen LogP contribution in [-0.2, 0) is 0 Å². The van der Waals surface area contributed by atoms with Crippen LogP contribution >= 0.6 is 27.5 Å². The summed E-state index contributed by atoms with van der Waals surface area (Å²) >= 11 is 9.45. The molecular formula is C12H6BrClO2. The monoisotopic (exact) mass is 296 g/mol. The Morgan fingerprint density at radius 2 is 1.50 bits per heavy atom. The average Bonchev–Trinajstić information content (AvgIpc) is 2.29. The lowest BCUT2D eigenvalue weighted by atomic mass is 10.2. The van der Waals surface area contributed by atoms with Crippen molar-refractivity contribution in [3.05, 3.63) is 45.9 Å². The summed E-state index contributed by atoms with van der Waals surface area (Å²) in [6.07, 6.45) is 0. The van der Waals surface area contributed by atoms with Crippen molar-refractivity contribution >= 4 is 27.5 Å². The van der Waals surface area contributed by atoms with E-state index in [1.807, 2.05) is 30.3 Å². The summed E-state index contributed by atoms with van der Waals surface area (Å²) in [6, 6.07) is 11.0. The van der Waals surface area contributed by atoms with E-state index < -0.39 is 0 Å². The smallest absolute Gasteiger partial charge is 0.188 e. The molecule has 0 radical (unpaired) electrons. The number of benzene rings is 2. The van der Waals surface area contributed by atoms with E-state index in [4.69, 9.17) is 21.1 Å². The Kier molecular flexibility index (Phi) is 2.30. The van der Waals surface area contributed by atoms with Gasteiger partial charge in [-0.25, -0.2) is 0 Å². The largest absolute Gasteiger partial charge is 0.448 e. The molecule has 0 amide bonds. The number of hydrogen-bond acceptors (Lipinski definition) is 2. The maximum atomic E-state index is 6.03. The molecule has 2 aromatic carbocycles. The van der Waals surface area contributed by atoms with Crippen LogP contribution in [0.3, 0.4) is 0 Å². The van der Waals surface area contributed by atoms with Gasteiger partial charge in [-0.1, -0.05) is 23.7 Å². The van der Waals surface area contributed by atoms with Gasteiger partial charge in [0.05, 0.1) is 9.50 Å². The molecule has 0 N–H and O–H groups in total. The number of rotatable bonds is 0. The predicted octanol–water partition coefficient (Wildman–Crippen LogP) is 5.00. The SMILES string of the molecule is Clc1cccc2c1Oc1cccc(Br)c1O2. The van der Waals surface area contributed by atoms with Gasteiger partial charge in [0.2, 0.25) is 0 Å². The summed E-state index contributed by atoms with van der Waals surface area (Å²) < 4.78 is 12.3. The van der Waals surface area contributed by atoms with Crippen LogP contribution in [0.2, 0.25) is 5.02 Å². The van der Waals surface area contributed by atoms with Crippen LogP contribution in [0, 0.1) is 0 Å². The molecule has 1 aliphatic heterocycles. The first-order valence-electron chi connectivity index (χ1n) is 4.68. The van der Waals surface area contributed by atoms with Crippen LogP contribution < -0.4 is 9.47 Å². The fourth-order valence-electron chi connectivity index (χ4n) is 1.56. The normalized spacial score (nSPS) is 12.1. The highest BCUT2D eigenvalue weighted by atomic mass is 79.9. The zero-order valence-electron chi connectivity index (χ0n) is 8.04. The lowest BCUT2D eigenvalue weighted by Crippen LogP contribution is -1.99. The second-order valence-electron chi connectivity index (χ2n) is 3.34. The van der Waals surface area contributed by atoms with Crippen LogP contribution in [0.1, 0.15) is 0 Å². The quantitative estimate of drug-likeness (QED) is 0.581. The van der Waals surface area contributed by atoms with Gasteiger partial charge in [-0.05, 0) is 40.2 Å². The van der Waals surface area contributed by atoms with Gasteiger partial charge in [0.25, 0.3) is 0 Å². The Hall–Kier alpha value is -1.19. The van der Waals surface area contributed by atoms with Crippen molar-refractivity contribution in [2.24, 2.45) is 0 Å². The summed E-state index contributed by atoms with van der Waals surface area (Å²) in [5, 5.41) is 0.545. The Morgan fingerprint density at radius 3 is 2.31 bits per heavy atom. The van der Waals surface area contributed by atoms with Gasteiger partial charge < -0.3 is 9.47 Å². The molecule has 80 valence electrons. The lowest BCUT2D eigenvalue weighted by molar-refractivity contribution is 0.358. The molecule has 16 heavy (non-hydrogen) atoms. The Bertz CT molecular complexity index is 517. The third-order valence-electron chi connectivity index (χ3n) is 2.29. The number of para-hydroxylation sites is 2.